The van der Waals surface area contributed by atoms with E-state index in [-0.39, 0.29) is 17.4 Å². The fourth-order valence-corrected chi connectivity index (χ4v) is 3.81. The second kappa shape index (κ2) is 4.46. The van der Waals surface area contributed by atoms with Crippen LogP contribution in [0.4, 0.5) is 0 Å². The van der Waals surface area contributed by atoms with Crippen molar-refractivity contribution in [3.05, 3.63) is 57.3 Å². The van der Waals surface area contributed by atoms with Crippen LogP contribution >= 0.6 is 11.3 Å². The maximum absolute atomic E-state index is 10.6. The maximum Gasteiger partial charge on any atom is 0.0953 e. The van der Waals surface area contributed by atoms with Gasteiger partial charge in [-0.1, -0.05) is 45.0 Å². The van der Waals surface area contributed by atoms with Crippen LogP contribution in [0, 0.1) is 0 Å². The summed E-state index contributed by atoms with van der Waals surface area (Å²) in [6, 6.07) is 12.7. The van der Waals surface area contributed by atoms with Crippen LogP contribution in [-0.4, -0.2) is 5.11 Å². The Kier molecular flexibility index (Phi) is 3.03. The molecule has 1 aliphatic rings. The third-order valence-corrected chi connectivity index (χ3v) is 5.51. The molecule has 2 aromatic rings. The van der Waals surface area contributed by atoms with E-state index in [4.69, 9.17) is 0 Å². The van der Waals surface area contributed by atoms with Crippen LogP contribution in [0.2, 0.25) is 0 Å². The van der Waals surface area contributed by atoms with Gasteiger partial charge in [-0.25, -0.2) is 0 Å². The number of rotatable bonds is 2. The van der Waals surface area contributed by atoms with Crippen molar-refractivity contribution in [3.8, 4) is 0 Å². The van der Waals surface area contributed by atoms with Crippen LogP contribution in [0.1, 0.15) is 53.7 Å². The molecule has 2 heteroatoms. The lowest BCUT2D eigenvalue weighted by atomic mass is 9.74. The summed E-state index contributed by atoms with van der Waals surface area (Å²) in [7, 11) is 0. The van der Waals surface area contributed by atoms with Gasteiger partial charge in [0.15, 0.2) is 0 Å². The monoisotopic (exact) mass is 272 g/mol. The SMILES string of the molecule is CC(C)(C)c1ccc(C(O)C2Cc3ccccc32)s1. The number of benzene rings is 1. The van der Waals surface area contributed by atoms with Crippen molar-refractivity contribution in [2.45, 2.75) is 44.6 Å². The molecule has 1 aromatic carbocycles. The molecule has 0 saturated heterocycles. The highest BCUT2D eigenvalue weighted by Crippen LogP contribution is 2.45. The molecule has 2 unspecified atom stereocenters. The van der Waals surface area contributed by atoms with E-state index in [1.54, 1.807) is 11.3 Å². The standard InChI is InChI=1S/C17H20OS/c1-17(2,3)15-9-8-14(19-15)16(18)13-10-11-6-4-5-7-12(11)13/h4-9,13,16,18H,10H2,1-3H3. The minimum atomic E-state index is -0.351. The lowest BCUT2D eigenvalue weighted by molar-refractivity contribution is 0.138. The Morgan fingerprint density at radius 3 is 2.53 bits per heavy atom. The zero-order chi connectivity index (χ0) is 13.6. The van der Waals surface area contributed by atoms with Crippen molar-refractivity contribution in [1.82, 2.24) is 0 Å². The molecule has 0 fully saturated rings. The third kappa shape index (κ3) is 2.24. The predicted molar refractivity (Wildman–Crippen MR) is 80.9 cm³/mol. The molecule has 3 rings (SSSR count). The van der Waals surface area contributed by atoms with Crippen LogP contribution in [-0.2, 0) is 11.8 Å². The van der Waals surface area contributed by atoms with Crippen molar-refractivity contribution < 1.29 is 5.11 Å². The molecule has 0 bridgehead atoms. The molecule has 0 amide bonds. The first-order chi connectivity index (χ1) is 8.97. The van der Waals surface area contributed by atoms with Crippen LogP contribution in [0.3, 0.4) is 0 Å². The molecule has 0 aliphatic heterocycles. The third-order valence-electron chi connectivity index (χ3n) is 3.93. The van der Waals surface area contributed by atoms with Crippen molar-refractivity contribution in [2.75, 3.05) is 0 Å². The van der Waals surface area contributed by atoms with Gasteiger partial charge in [-0.3, -0.25) is 0 Å². The quantitative estimate of drug-likeness (QED) is 0.858. The molecule has 1 aromatic heterocycles. The summed E-state index contributed by atoms with van der Waals surface area (Å²) in [4.78, 5) is 2.44. The molecule has 0 spiro atoms. The fourth-order valence-electron chi connectivity index (χ4n) is 2.69. The Morgan fingerprint density at radius 1 is 1.16 bits per heavy atom. The van der Waals surface area contributed by atoms with Crippen LogP contribution in [0.15, 0.2) is 36.4 Å². The summed E-state index contributed by atoms with van der Waals surface area (Å²) in [5.74, 6) is 0.280. The molecule has 1 aliphatic carbocycles. The second-order valence-corrected chi connectivity index (χ2v) is 7.52. The van der Waals surface area contributed by atoms with Crippen molar-refractivity contribution in [2.24, 2.45) is 0 Å². The van der Waals surface area contributed by atoms with E-state index in [1.165, 1.54) is 16.0 Å². The number of thiophene rings is 1. The van der Waals surface area contributed by atoms with E-state index < -0.39 is 0 Å². The first-order valence-corrected chi connectivity index (χ1v) is 7.64. The summed E-state index contributed by atoms with van der Waals surface area (Å²) in [5.41, 5.74) is 2.88. The van der Waals surface area contributed by atoms with Gasteiger partial charge in [0.25, 0.3) is 0 Å². The highest BCUT2D eigenvalue weighted by molar-refractivity contribution is 7.12. The lowest BCUT2D eigenvalue weighted by Gasteiger charge is -2.33. The van der Waals surface area contributed by atoms with E-state index in [0.29, 0.717) is 0 Å². The summed E-state index contributed by atoms with van der Waals surface area (Å²) in [5, 5.41) is 10.6. The van der Waals surface area contributed by atoms with Gasteiger partial charge in [0.2, 0.25) is 0 Å². The largest absolute Gasteiger partial charge is 0.387 e. The van der Waals surface area contributed by atoms with E-state index in [9.17, 15) is 5.11 Å². The van der Waals surface area contributed by atoms with E-state index >= 15 is 0 Å². The Bertz CT molecular complexity index is 591. The molecule has 1 N–H and O–H groups in total. The number of aliphatic hydroxyl groups excluding tert-OH is 1. The number of aliphatic hydroxyl groups is 1. The number of fused-ring (bicyclic) bond motifs is 1. The normalized spacial score (nSPS) is 19.7. The minimum absolute atomic E-state index is 0.167. The zero-order valence-corrected chi connectivity index (χ0v) is 12.5. The number of hydrogen-bond acceptors (Lipinski definition) is 2. The smallest absolute Gasteiger partial charge is 0.0953 e. The van der Waals surface area contributed by atoms with Gasteiger partial charge in [0.1, 0.15) is 0 Å². The molecule has 19 heavy (non-hydrogen) atoms. The summed E-state index contributed by atoms with van der Waals surface area (Å²) >= 11 is 1.75. The fraction of sp³-hybridized carbons (Fsp3) is 0.412. The Morgan fingerprint density at radius 2 is 1.89 bits per heavy atom. The Balaban J connectivity index is 1.83. The van der Waals surface area contributed by atoms with Crippen LogP contribution < -0.4 is 0 Å². The molecular weight excluding hydrogens is 252 g/mol. The van der Waals surface area contributed by atoms with Gasteiger partial charge < -0.3 is 5.11 Å². The van der Waals surface area contributed by atoms with Crippen LogP contribution in [0.25, 0.3) is 0 Å². The van der Waals surface area contributed by atoms with Gasteiger partial charge in [-0.15, -0.1) is 11.3 Å². The first kappa shape index (κ1) is 12.9. The van der Waals surface area contributed by atoms with Crippen molar-refractivity contribution >= 4 is 11.3 Å². The topological polar surface area (TPSA) is 20.2 Å². The van der Waals surface area contributed by atoms with Gasteiger partial charge in [-0.2, -0.15) is 0 Å². The first-order valence-electron chi connectivity index (χ1n) is 6.83. The number of hydrogen-bond donors (Lipinski definition) is 1. The minimum Gasteiger partial charge on any atom is -0.387 e. The van der Waals surface area contributed by atoms with E-state index in [2.05, 4.69) is 57.2 Å². The van der Waals surface area contributed by atoms with E-state index in [0.717, 1.165) is 11.3 Å². The van der Waals surface area contributed by atoms with Gasteiger partial charge in [-0.05, 0) is 35.1 Å². The molecular formula is C17H20OS. The van der Waals surface area contributed by atoms with Crippen molar-refractivity contribution in [3.63, 3.8) is 0 Å². The highest BCUT2D eigenvalue weighted by Gasteiger charge is 2.33. The molecule has 1 heterocycles. The lowest BCUT2D eigenvalue weighted by Crippen LogP contribution is -2.23. The van der Waals surface area contributed by atoms with E-state index in [1.807, 2.05) is 0 Å². The maximum atomic E-state index is 10.6. The van der Waals surface area contributed by atoms with Crippen LogP contribution in [0.5, 0.6) is 0 Å². The molecule has 0 saturated carbocycles. The summed E-state index contributed by atoms with van der Waals surface area (Å²) in [6.45, 7) is 6.65. The molecule has 100 valence electrons. The molecule has 2 atom stereocenters. The van der Waals surface area contributed by atoms with Gasteiger partial charge in [0.05, 0.1) is 6.10 Å². The highest BCUT2D eigenvalue weighted by atomic mass is 32.1. The predicted octanol–water partition coefficient (Wildman–Crippen LogP) is 4.42. The Hall–Kier alpha value is -1.12. The molecule has 0 radical (unpaired) electrons. The van der Waals surface area contributed by atoms with Gasteiger partial charge in [0, 0.05) is 15.7 Å². The second-order valence-electron chi connectivity index (χ2n) is 6.41. The van der Waals surface area contributed by atoms with Crippen molar-refractivity contribution in [1.29, 1.82) is 0 Å². The average Bonchev–Trinajstić information content (AvgIpc) is 2.79. The van der Waals surface area contributed by atoms with Gasteiger partial charge >= 0.3 is 0 Å². The summed E-state index contributed by atoms with van der Waals surface area (Å²) < 4.78 is 0. The average molecular weight is 272 g/mol. The molecule has 1 nitrogen and oxygen atoms in total. The Labute approximate surface area is 118 Å². The zero-order valence-electron chi connectivity index (χ0n) is 11.7. The summed E-state index contributed by atoms with van der Waals surface area (Å²) in [6.07, 6.45) is 0.649.